The second-order valence-corrected chi connectivity index (χ2v) is 6.43. The van der Waals surface area contributed by atoms with Crippen LogP contribution in [0.4, 0.5) is 4.39 Å². The molecule has 0 bridgehead atoms. The van der Waals surface area contributed by atoms with Gasteiger partial charge in [-0.05, 0) is 49.2 Å². The molecular weight excluding hydrogens is 347 g/mol. The number of benzene rings is 2. The number of ketones is 1. The van der Waals surface area contributed by atoms with Crippen LogP contribution in [0.25, 0.3) is 16.9 Å². The van der Waals surface area contributed by atoms with Crippen LogP contribution in [0, 0.1) is 5.82 Å². The molecule has 0 radical (unpaired) electrons. The molecular formula is C21H17FN2O3. The van der Waals surface area contributed by atoms with Gasteiger partial charge in [0.25, 0.3) is 0 Å². The van der Waals surface area contributed by atoms with Gasteiger partial charge in [0.1, 0.15) is 17.1 Å². The summed E-state index contributed by atoms with van der Waals surface area (Å²) in [4.78, 5) is 24.6. The monoisotopic (exact) mass is 364 g/mol. The van der Waals surface area contributed by atoms with Crippen molar-refractivity contribution in [2.75, 3.05) is 0 Å². The molecule has 0 amide bonds. The normalized spacial score (nSPS) is 16.5. The predicted octanol–water partition coefficient (Wildman–Crippen LogP) is 3.96. The Kier molecular flexibility index (Phi) is 4.54. The third-order valence-corrected chi connectivity index (χ3v) is 4.57. The molecule has 0 spiro atoms. The van der Waals surface area contributed by atoms with Crippen molar-refractivity contribution in [3.05, 3.63) is 72.2 Å². The van der Waals surface area contributed by atoms with Gasteiger partial charge in [-0.1, -0.05) is 18.2 Å². The average Bonchev–Trinajstić information content (AvgIpc) is 3.30. The van der Waals surface area contributed by atoms with Crippen molar-refractivity contribution in [1.82, 2.24) is 9.78 Å². The van der Waals surface area contributed by atoms with Crippen molar-refractivity contribution >= 4 is 11.8 Å². The number of ether oxygens (including phenoxy) is 1. The second kappa shape index (κ2) is 7.15. The Balaban J connectivity index is 1.73. The number of halogens is 1. The minimum absolute atomic E-state index is 0.0536. The van der Waals surface area contributed by atoms with E-state index in [0.717, 1.165) is 12.1 Å². The molecule has 4 rings (SSSR count). The SMILES string of the molecule is O=C(O[C@H]1CCCC1=O)c1cn(-c2ccccc2)nc1-c1ccc(F)cc1. The van der Waals surface area contributed by atoms with Crippen molar-refractivity contribution in [3.63, 3.8) is 0 Å². The lowest BCUT2D eigenvalue weighted by atomic mass is 10.1. The van der Waals surface area contributed by atoms with Crippen molar-refractivity contribution in [2.45, 2.75) is 25.4 Å². The fraction of sp³-hybridized carbons (Fsp3) is 0.190. The van der Waals surface area contributed by atoms with E-state index in [9.17, 15) is 14.0 Å². The van der Waals surface area contributed by atoms with Crippen LogP contribution in [-0.2, 0) is 9.53 Å². The standard InChI is InChI=1S/C21H17FN2O3/c22-15-11-9-14(10-12-15)20-17(21(26)27-19-8-4-7-18(19)25)13-24(23-20)16-5-2-1-3-6-16/h1-3,5-6,9-13,19H,4,7-8H2/t19-/m0/s1. The first kappa shape index (κ1) is 17.1. The van der Waals surface area contributed by atoms with Gasteiger partial charge in [0.2, 0.25) is 0 Å². The number of esters is 1. The van der Waals surface area contributed by atoms with Gasteiger partial charge in [-0.3, -0.25) is 4.79 Å². The van der Waals surface area contributed by atoms with Crippen LogP contribution in [0.1, 0.15) is 29.6 Å². The van der Waals surface area contributed by atoms with Gasteiger partial charge in [0.15, 0.2) is 11.9 Å². The summed E-state index contributed by atoms with van der Waals surface area (Å²) in [7, 11) is 0. The number of rotatable bonds is 4. The summed E-state index contributed by atoms with van der Waals surface area (Å²) in [6.45, 7) is 0. The third kappa shape index (κ3) is 3.51. The maximum Gasteiger partial charge on any atom is 0.342 e. The first-order valence-electron chi connectivity index (χ1n) is 8.76. The van der Waals surface area contributed by atoms with E-state index < -0.39 is 12.1 Å². The Morgan fingerprint density at radius 2 is 1.85 bits per heavy atom. The number of Topliss-reactive ketones (excluding diaryl/α,β-unsaturated/α-hetero) is 1. The summed E-state index contributed by atoms with van der Waals surface area (Å²) in [6.07, 6.45) is 2.59. The Morgan fingerprint density at radius 3 is 2.52 bits per heavy atom. The molecule has 5 nitrogen and oxygen atoms in total. The minimum atomic E-state index is -0.696. The van der Waals surface area contributed by atoms with Gasteiger partial charge in [-0.25, -0.2) is 13.9 Å². The lowest BCUT2D eigenvalue weighted by molar-refractivity contribution is -0.124. The van der Waals surface area contributed by atoms with Crippen LogP contribution in [0.15, 0.2) is 60.8 Å². The maximum absolute atomic E-state index is 13.3. The average molecular weight is 364 g/mol. The number of hydrogen-bond donors (Lipinski definition) is 0. The van der Waals surface area contributed by atoms with Crippen molar-refractivity contribution in [1.29, 1.82) is 0 Å². The molecule has 136 valence electrons. The Morgan fingerprint density at radius 1 is 1.11 bits per heavy atom. The summed E-state index contributed by atoms with van der Waals surface area (Å²) in [5, 5.41) is 4.50. The van der Waals surface area contributed by atoms with E-state index in [1.54, 1.807) is 23.0 Å². The molecule has 1 atom stereocenters. The Labute approximate surface area is 155 Å². The van der Waals surface area contributed by atoms with Crippen molar-refractivity contribution in [3.8, 4) is 16.9 Å². The molecule has 0 unspecified atom stereocenters. The van der Waals surface area contributed by atoms with E-state index in [1.165, 1.54) is 12.1 Å². The minimum Gasteiger partial charge on any atom is -0.451 e. The summed E-state index contributed by atoms with van der Waals surface area (Å²) in [5.74, 6) is -1.03. The highest BCUT2D eigenvalue weighted by molar-refractivity contribution is 5.98. The highest BCUT2D eigenvalue weighted by Crippen LogP contribution is 2.26. The summed E-state index contributed by atoms with van der Waals surface area (Å²) < 4.78 is 20.3. The first-order chi connectivity index (χ1) is 13.1. The molecule has 3 aromatic rings. The summed E-state index contributed by atoms with van der Waals surface area (Å²) in [6, 6.07) is 15.1. The van der Waals surface area contributed by atoms with Crippen LogP contribution in [-0.4, -0.2) is 27.6 Å². The lowest BCUT2D eigenvalue weighted by Crippen LogP contribution is -2.22. The Bertz CT molecular complexity index is 980. The highest BCUT2D eigenvalue weighted by atomic mass is 19.1. The van der Waals surface area contributed by atoms with Crippen molar-refractivity contribution < 1.29 is 18.7 Å². The van der Waals surface area contributed by atoms with Gasteiger partial charge in [0, 0.05) is 18.2 Å². The molecule has 1 aliphatic carbocycles. The van der Waals surface area contributed by atoms with E-state index in [1.807, 2.05) is 30.3 Å². The molecule has 0 saturated heterocycles. The lowest BCUT2D eigenvalue weighted by Gasteiger charge is -2.10. The number of nitrogens with zero attached hydrogens (tertiary/aromatic N) is 2. The summed E-state index contributed by atoms with van der Waals surface area (Å²) >= 11 is 0. The van der Waals surface area contributed by atoms with E-state index in [4.69, 9.17) is 4.74 Å². The van der Waals surface area contributed by atoms with E-state index in [0.29, 0.717) is 24.1 Å². The molecule has 27 heavy (non-hydrogen) atoms. The first-order valence-corrected chi connectivity index (χ1v) is 8.76. The smallest absolute Gasteiger partial charge is 0.342 e. The van der Waals surface area contributed by atoms with Crippen LogP contribution in [0.2, 0.25) is 0 Å². The number of carbonyl (C=O) groups is 2. The van der Waals surface area contributed by atoms with Gasteiger partial charge in [-0.2, -0.15) is 5.10 Å². The van der Waals surface area contributed by atoms with E-state index >= 15 is 0 Å². The molecule has 1 heterocycles. The van der Waals surface area contributed by atoms with Crippen molar-refractivity contribution in [2.24, 2.45) is 0 Å². The maximum atomic E-state index is 13.3. The molecule has 1 fully saturated rings. The van der Waals surface area contributed by atoms with Crippen LogP contribution in [0.5, 0.6) is 0 Å². The zero-order valence-corrected chi connectivity index (χ0v) is 14.5. The molecule has 1 saturated carbocycles. The quantitative estimate of drug-likeness (QED) is 0.658. The van der Waals surface area contributed by atoms with Crippen LogP contribution >= 0.6 is 0 Å². The fourth-order valence-electron chi connectivity index (χ4n) is 3.16. The van der Waals surface area contributed by atoms with Gasteiger partial charge in [0.05, 0.1) is 5.69 Å². The van der Waals surface area contributed by atoms with E-state index in [-0.39, 0.29) is 17.2 Å². The molecule has 2 aromatic carbocycles. The fourth-order valence-corrected chi connectivity index (χ4v) is 3.16. The molecule has 1 aromatic heterocycles. The zero-order valence-electron chi connectivity index (χ0n) is 14.5. The highest BCUT2D eigenvalue weighted by Gasteiger charge is 2.30. The van der Waals surface area contributed by atoms with Gasteiger partial charge >= 0.3 is 5.97 Å². The molecule has 0 N–H and O–H groups in total. The molecule has 6 heteroatoms. The van der Waals surface area contributed by atoms with E-state index in [2.05, 4.69) is 5.10 Å². The predicted molar refractivity (Wildman–Crippen MR) is 97.0 cm³/mol. The second-order valence-electron chi connectivity index (χ2n) is 6.43. The molecule has 0 aliphatic heterocycles. The zero-order chi connectivity index (χ0) is 18.8. The number of hydrogen-bond acceptors (Lipinski definition) is 4. The van der Waals surface area contributed by atoms with Crippen LogP contribution in [0.3, 0.4) is 0 Å². The largest absolute Gasteiger partial charge is 0.451 e. The van der Waals surface area contributed by atoms with Gasteiger partial charge < -0.3 is 4.74 Å². The third-order valence-electron chi connectivity index (χ3n) is 4.57. The Hall–Kier alpha value is -3.28. The number of carbonyl (C=O) groups excluding carboxylic acids is 2. The van der Waals surface area contributed by atoms with Gasteiger partial charge in [-0.15, -0.1) is 0 Å². The topological polar surface area (TPSA) is 61.2 Å². The molecule has 1 aliphatic rings. The van der Waals surface area contributed by atoms with Crippen LogP contribution < -0.4 is 0 Å². The number of para-hydroxylation sites is 1. The summed E-state index contributed by atoms with van der Waals surface area (Å²) in [5.41, 5.74) is 1.99. The number of aromatic nitrogens is 2.